The first-order valence-corrected chi connectivity index (χ1v) is 15.2. The highest BCUT2D eigenvalue weighted by atomic mass is 33.1. The Bertz CT molecular complexity index is 1430. The van der Waals surface area contributed by atoms with Gasteiger partial charge in [-0.3, -0.25) is 9.59 Å². The van der Waals surface area contributed by atoms with Crippen molar-refractivity contribution >= 4 is 66.4 Å². The van der Waals surface area contributed by atoms with Crippen LogP contribution in [0.5, 0.6) is 0 Å². The highest BCUT2D eigenvalue weighted by Gasteiger charge is 2.14. The molecule has 0 saturated heterocycles. The van der Waals surface area contributed by atoms with Crippen LogP contribution in [0.4, 0.5) is 0 Å². The third kappa shape index (κ3) is 8.24. The van der Waals surface area contributed by atoms with Gasteiger partial charge in [0.1, 0.15) is 11.4 Å². The molecule has 0 aliphatic heterocycles. The van der Waals surface area contributed by atoms with Crippen molar-refractivity contribution in [2.75, 3.05) is 24.6 Å². The lowest BCUT2D eigenvalue weighted by Crippen LogP contribution is -2.34. The van der Waals surface area contributed by atoms with E-state index in [1.165, 1.54) is 0 Å². The molecule has 0 spiro atoms. The number of benzene rings is 4. The Balaban J connectivity index is 1.11. The van der Waals surface area contributed by atoms with Crippen molar-refractivity contribution in [1.29, 1.82) is 0 Å². The maximum Gasteiger partial charge on any atom is 0.269 e. The molecule has 0 atom stereocenters. The largest absolute Gasteiger partial charge is 0.410 e. The van der Waals surface area contributed by atoms with Crippen LogP contribution in [0.3, 0.4) is 0 Å². The van der Waals surface area contributed by atoms with Gasteiger partial charge in [-0.05, 0) is 32.7 Å². The first kappa shape index (κ1) is 29.0. The van der Waals surface area contributed by atoms with Crippen LogP contribution in [0.15, 0.2) is 95.2 Å². The fourth-order valence-electron chi connectivity index (χ4n) is 4.14. The summed E-state index contributed by atoms with van der Waals surface area (Å²) in [6.07, 6.45) is 0.462. The Kier molecular flexibility index (Phi) is 10.8. The van der Waals surface area contributed by atoms with Crippen molar-refractivity contribution in [1.82, 2.24) is 10.6 Å². The van der Waals surface area contributed by atoms with Crippen LogP contribution in [0.25, 0.3) is 21.5 Å². The zero-order valence-corrected chi connectivity index (χ0v) is 23.4. The molecule has 4 aromatic rings. The number of oxime groups is 2. The average Bonchev–Trinajstić information content (AvgIpc) is 2.99. The van der Waals surface area contributed by atoms with Gasteiger partial charge in [0, 0.05) is 37.4 Å². The Hall–Kier alpha value is -4.02. The molecule has 0 fully saturated rings. The Morgan fingerprint density at radius 1 is 0.600 bits per heavy atom. The summed E-state index contributed by atoms with van der Waals surface area (Å²) in [5.74, 6) is 0.473. The van der Waals surface area contributed by atoms with E-state index >= 15 is 0 Å². The molecule has 0 aromatic heterocycles. The molecule has 206 valence electrons. The van der Waals surface area contributed by atoms with Crippen LogP contribution in [-0.2, 0) is 22.4 Å². The van der Waals surface area contributed by atoms with E-state index in [4.69, 9.17) is 0 Å². The molecule has 0 heterocycles. The Labute approximate surface area is 240 Å². The summed E-state index contributed by atoms with van der Waals surface area (Å²) >= 11 is 0. The lowest BCUT2D eigenvalue weighted by Gasteiger charge is -2.09. The van der Waals surface area contributed by atoms with Gasteiger partial charge in [-0.2, -0.15) is 0 Å². The molecule has 4 aromatic carbocycles. The number of carbonyl (C=O) groups is 2. The molecule has 40 heavy (non-hydrogen) atoms. The third-order valence-corrected chi connectivity index (χ3v) is 8.57. The zero-order valence-electron chi connectivity index (χ0n) is 21.7. The predicted molar refractivity (Wildman–Crippen MR) is 165 cm³/mol. The van der Waals surface area contributed by atoms with Crippen molar-refractivity contribution in [2.24, 2.45) is 10.3 Å². The first-order chi connectivity index (χ1) is 19.6. The van der Waals surface area contributed by atoms with Gasteiger partial charge in [0.25, 0.3) is 11.8 Å². The topological polar surface area (TPSA) is 123 Å². The molecule has 0 bridgehead atoms. The number of hydrogen-bond donors (Lipinski definition) is 4. The standard InChI is InChI=1S/C30H30N4O4S2/c35-29(27(33-37)19-21-9-11-23-5-1-3-7-25(23)17-21)31-13-15-39-40-16-14-32-30(36)28(34-38)20-22-10-12-24-6-2-4-8-26(24)18-22/h1-12,17-18,37-38H,13-16,19-20H2,(H,31,35)(H,32,36). The Morgan fingerprint density at radius 3 is 1.40 bits per heavy atom. The van der Waals surface area contributed by atoms with E-state index in [9.17, 15) is 20.0 Å². The van der Waals surface area contributed by atoms with Crippen molar-refractivity contribution < 1.29 is 20.0 Å². The third-order valence-electron chi connectivity index (χ3n) is 6.16. The minimum absolute atomic E-state index is 0.0562. The van der Waals surface area contributed by atoms with Crippen LogP contribution >= 0.6 is 21.6 Å². The fourth-order valence-corrected chi connectivity index (χ4v) is 5.95. The van der Waals surface area contributed by atoms with Gasteiger partial charge in [-0.1, -0.05) is 117 Å². The molecule has 0 saturated carbocycles. The summed E-state index contributed by atoms with van der Waals surface area (Å²) in [5, 5.41) is 35.0. The summed E-state index contributed by atoms with van der Waals surface area (Å²) in [5.41, 5.74) is 1.89. The summed E-state index contributed by atoms with van der Waals surface area (Å²) in [7, 11) is 3.12. The van der Waals surface area contributed by atoms with E-state index in [1.54, 1.807) is 21.6 Å². The molecule has 4 rings (SSSR count). The van der Waals surface area contributed by atoms with Crippen LogP contribution in [-0.4, -0.2) is 58.2 Å². The number of nitrogens with one attached hydrogen (secondary N) is 2. The number of nitrogens with zero attached hydrogens (tertiary/aromatic N) is 2. The zero-order chi connectivity index (χ0) is 28.2. The second-order valence-electron chi connectivity index (χ2n) is 8.97. The summed E-state index contributed by atoms with van der Waals surface area (Å²) in [6.45, 7) is 0.819. The van der Waals surface area contributed by atoms with Crippen molar-refractivity contribution in [3.8, 4) is 0 Å². The van der Waals surface area contributed by atoms with Crippen molar-refractivity contribution in [2.45, 2.75) is 12.8 Å². The quantitative estimate of drug-likeness (QED) is 0.0583. The normalized spacial score (nSPS) is 12.0. The number of carbonyl (C=O) groups excluding carboxylic acids is 2. The van der Waals surface area contributed by atoms with Gasteiger partial charge in [-0.25, -0.2) is 0 Å². The average molecular weight is 575 g/mol. The number of hydrogen-bond acceptors (Lipinski definition) is 8. The second kappa shape index (κ2) is 14.9. The highest BCUT2D eigenvalue weighted by molar-refractivity contribution is 8.76. The summed E-state index contributed by atoms with van der Waals surface area (Å²) < 4.78 is 0. The second-order valence-corrected chi connectivity index (χ2v) is 11.7. The molecule has 0 radical (unpaired) electrons. The van der Waals surface area contributed by atoms with E-state index in [2.05, 4.69) is 20.9 Å². The molecule has 0 aliphatic rings. The van der Waals surface area contributed by atoms with Gasteiger partial charge in [-0.15, -0.1) is 0 Å². The number of amides is 2. The molecule has 0 aliphatic carbocycles. The minimum atomic E-state index is -0.407. The monoisotopic (exact) mass is 574 g/mol. The lowest BCUT2D eigenvalue weighted by atomic mass is 10.0. The Morgan fingerprint density at radius 2 is 1.00 bits per heavy atom. The summed E-state index contributed by atoms with van der Waals surface area (Å²) in [6, 6.07) is 27.7. The van der Waals surface area contributed by atoms with Gasteiger partial charge >= 0.3 is 0 Å². The molecule has 8 nitrogen and oxygen atoms in total. The smallest absolute Gasteiger partial charge is 0.269 e. The van der Waals surface area contributed by atoms with E-state index < -0.39 is 11.8 Å². The van der Waals surface area contributed by atoms with Crippen molar-refractivity contribution in [3.05, 3.63) is 96.1 Å². The molecule has 4 N–H and O–H groups in total. The van der Waals surface area contributed by atoms with E-state index in [1.807, 2.05) is 84.9 Å². The minimum Gasteiger partial charge on any atom is -0.410 e. The fraction of sp³-hybridized carbons (Fsp3) is 0.200. The molecule has 10 heteroatoms. The van der Waals surface area contributed by atoms with E-state index in [-0.39, 0.29) is 24.3 Å². The number of rotatable bonds is 13. The van der Waals surface area contributed by atoms with E-state index in [0.29, 0.717) is 24.6 Å². The van der Waals surface area contributed by atoms with Crippen molar-refractivity contribution in [3.63, 3.8) is 0 Å². The maximum atomic E-state index is 12.4. The van der Waals surface area contributed by atoms with Crippen LogP contribution in [0.2, 0.25) is 0 Å². The highest BCUT2D eigenvalue weighted by Crippen LogP contribution is 2.20. The van der Waals surface area contributed by atoms with Gasteiger partial charge in [0.15, 0.2) is 0 Å². The maximum absolute atomic E-state index is 12.4. The van der Waals surface area contributed by atoms with Crippen LogP contribution in [0.1, 0.15) is 11.1 Å². The van der Waals surface area contributed by atoms with Crippen LogP contribution < -0.4 is 10.6 Å². The van der Waals surface area contributed by atoms with Gasteiger partial charge < -0.3 is 21.0 Å². The molecular weight excluding hydrogens is 544 g/mol. The predicted octanol–water partition coefficient (Wildman–Crippen LogP) is 5.05. The van der Waals surface area contributed by atoms with Gasteiger partial charge in [0.2, 0.25) is 0 Å². The SMILES string of the molecule is O=C(NCCSSCCNC(=O)C(Cc1ccc2ccccc2c1)=NO)C(Cc1ccc2ccccc2c1)=NO. The number of fused-ring (bicyclic) bond motifs is 2. The van der Waals surface area contributed by atoms with Gasteiger partial charge in [0.05, 0.1) is 0 Å². The van der Waals surface area contributed by atoms with E-state index in [0.717, 1.165) is 32.7 Å². The van der Waals surface area contributed by atoms with Crippen LogP contribution in [0, 0.1) is 0 Å². The summed E-state index contributed by atoms with van der Waals surface area (Å²) in [4.78, 5) is 24.9. The molecular formula is C30H30N4O4S2. The molecule has 2 amide bonds. The molecule has 0 unspecified atom stereocenters. The first-order valence-electron chi connectivity index (χ1n) is 12.8. The lowest BCUT2D eigenvalue weighted by molar-refractivity contribution is -0.115.